The first-order chi connectivity index (χ1) is 21.2. The molecule has 44 heavy (non-hydrogen) atoms. The van der Waals surface area contributed by atoms with Crippen molar-refractivity contribution in [3.05, 3.63) is 59.2 Å². The molecule has 2 unspecified atom stereocenters. The quantitative estimate of drug-likeness (QED) is 0.278. The molecule has 12 heteroatoms. The molecule has 2 aromatic heterocycles. The van der Waals surface area contributed by atoms with Crippen molar-refractivity contribution in [2.45, 2.75) is 46.4 Å². The Balaban J connectivity index is 1.63. The zero-order valence-electron chi connectivity index (χ0n) is 26.9. The van der Waals surface area contributed by atoms with Crippen molar-refractivity contribution >= 4 is 5.97 Å². The molecule has 12 nitrogen and oxygen atoms in total. The summed E-state index contributed by atoms with van der Waals surface area (Å²) in [6.45, 7) is 14.9. The number of methoxy groups -OCH3 is 1. The first kappa shape index (κ1) is 35.9. The van der Waals surface area contributed by atoms with E-state index in [0.717, 1.165) is 17.1 Å². The third-order valence-electron chi connectivity index (χ3n) is 7.34. The maximum absolute atomic E-state index is 11.9. The van der Waals surface area contributed by atoms with Gasteiger partial charge in [0.25, 0.3) is 0 Å². The van der Waals surface area contributed by atoms with Crippen LogP contribution in [0.2, 0.25) is 0 Å². The number of rotatable bonds is 7. The fourth-order valence-corrected chi connectivity index (χ4v) is 5.02. The number of esters is 1. The minimum Gasteiger partial charge on any atom is -0.464 e. The summed E-state index contributed by atoms with van der Waals surface area (Å²) in [7, 11) is 1.35. The van der Waals surface area contributed by atoms with Crippen LogP contribution in [0.3, 0.4) is 0 Å². The molecule has 0 saturated carbocycles. The highest BCUT2D eigenvalue weighted by atomic mass is 17.1. The van der Waals surface area contributed by atoms with Crippen molar-refractivity contribution in [2.24, 2.45) is 5.41 Å². The average molecular weight is 619 g/mol. The van der Waals surface area contributed by atoms with Gasteiger partial charge in [0.15, 0.2) is 0 Å². The van der Waals surface area contributed by atoms with E-state index in [9.17, 15) is 10.1 Å². The number of carbonyl (C=O) groups is 1. The van der Waals surface area contributed by atoms with E-state index in [1.807, 2.05) is 52.0 Å². The highest BCUT2D eigenvalue weighted by Gasteiger charge is 2.39. The number of nitrogens with zero attached hydrogens (tertiary/aromatic N) is 4. The molecule has 1 saturated heterocycles. The van der Waals surface area contributed by atoms with Crippen LogP contribution in [0.1, 0.15) is 54.4 Å². The minimum absolute atomic E-state index is 0.283. The van der Waals surface area contributed by atoms with Crippen molar-refractivity contribution in [3.63, 3.8) is 0 Å². The molecule has 3 rings (SSSR count). The fourth-order valence-electron chi connectivity index (χ4n) is 5.02. The molecule has 1 aliphatic rings. The van der Waals surface area contributed by atoms with E-state index < -0.39 is 12.1 Å². The summed E-state index contributed by atoms with van der Waals surface area (Å²) in [6, 6.07) is 10.9. The highest BCUT2D eigenvalue weighted by Crippen LogP contribution is 2.35. The van der Waals surface area contributed by atoms with E-state index in [-0.39, 0.29) is 17.2 Å². The van der Waals surface area contributed by atoms with Gasteiger partial charge in [0.1, 0.15) is 11.8 Å². The molecule has 0 bridgehead atoms. The third kappa shape index (κ3) is 12.1. The zero-order valence-corrected chi connectivity index (χ0v) is 26.9. The van der Waals surface area contributed by atoms with Crippen LogP contribution in [-0.4, -0.2) is 123 Å². The molecule has 2 aromatic rings. The lowest BCUT2D eigenvalue weighted by atomic mass is 9.82. The zero-order chi connectivity index (χ0) is 31.8. The van der Waals surface area contributed by atoms with Crippen molar-refractivity contribution in [1.29, 1.82) is 0 Å². The lowest BCUT2D eigenvalue weighted by Gasteiger charge is -2.40. The average Bonchev–Trinajstić information content (AvgIpc) is 3.00. The smallest absolute Gasteiger partial charge is 0.356 e. The van der Waals surface area contributed by atoms with Crippen LogP contribution < -0.4 is 0 Å². The van der Waals surface area contributed by atoms with E-state index in [0.29, 0.717) is 85.6 Å². The number of aryl methyl sites for hydroxylation is 1. The summed E-state index contributed by atoms with van der Waals surface area (Å²) in [5.74, 6) is -0.459. The molecule has 0 radical (unpaired) electrons. The van der Waals surface area contributed by atoms with Crippen molar-refractivity contribution in [2.75, 3.05) is 86.1 Å². The van der Waals surface area contributed by atoms with Crippen molar-refractivity contribution in [1.82, 2.24) is 19.8 Å². The summed E-state index contributed by atoms with van der Waals surface area (Å²) >= 11 is 0. The number of ether oxygens (including phenoxy) is 5. The maximum Gasteiger partial charge on any atom is 0.356 e. The van der Waals surface area contributed by atoms with Gasteiger partial charge in [0.2, 0.25) is 0 Å². The molecule has 2 atom stereocenters. The summed E-state index contributed by atoms with van der Waals surface area (Å²) < 4.78 is 28.5. The molecule has 1 N–H and O–H groups in total. The van der Waals surface area contributed by atoms with Gasteiger partial charge in [-0.25, -0.2) is 14.7 Å². The Kier molecular flexibility index (Phi) is 15.6. The monoisotopic (exact) mass is 618 g/mol. The van der Waals surface area contributed by atoms with Gasteiger partial charge in [0, 0.05) is 38.4 Å². The Bertz CT molecular complexity index is 1100. The second-order valence-electron chi connectivity index (χ2n) is 11.8. The summed E-state index contributed by atoms with van der Waals surface area (Å²) in [4.78, 5) is 30.7. The molecule has 0 aliphatic carbocycles. The number of pyridine rings is 2. The Morgan fingerprint density at radius 1 is 0.864 bits per heavy atom. The van der Waals surface area contributed by atoms with Crippen LogP contribution in [0.5, 0.6) is 0 Å². The lowest BCUT2D eigenvalue weighted by Crippen LogP contribution is -2.46. The Morgan fingerprint density at radius 3 is 1.95 bits per heavy atom. The van der Waals surface area contributed by atoms with Gasteiger partial charge in [-0.2, -0.15) is 0 Å². The van der Waals surface area contributed by atoms with Gasteiger partial charge in [-0.05, 0) is 36.6 Å². The first-order valence-electron chi connectivity index (χ1n) is 15.3. The van der Waals surface area contributed by atoms with E-state index in [4.69, 9.17) is 33.6 Å². The van der Waals surface area contributed by atoms with Crippen LogP contribution in [0.15, 0.2) is 36.4 Å². The Morgan fingerprint density at radius 2 is 1.43 bits per heavy atom. The standard InChI is InChI=1S/C32H50N4O8/c1-25-8-6-10-27(33-25)29(30(44-38)32(2,3)4)36-14-18-42-22-20-40-16-12-35(13-17-41-21-23-43-19-15-36)24-26-9-7-11-28(34-26)31(37)39-5/h6-11,29-30,38H,12-24H2,1-5H3. The summed E-state index contributed by atoms with van der Waals surface area (Å²) in [5.41, 5.74) is 2.40. The SMILES string of the molecule is COC(=O)c1cccc(CN2CCOCCOCCN(C(c3cccc(C)n3)C(OO)C(C)(C)C)CCOCCOCC2)n1. The van der Waals surface area contributed by atoms with Crippen LogP contribution in [0.4, 0.5) is 0 Å². The normalized spacial score (nSPS) is 19.4. The third-order valence-corrected chi connectivity index (χ3v) is 7.34. The van der Waals surface area contributed by atoms with Crippen molar-refractivity contribution in [3.8, 4) is 0 Å². The topological polar surface area (TPSA) is 125 Å². The molecular weight excluding hydrogens is 568 g/mol. The first-order valence-corrected chi connectivity index (χ1v) is 15.3. The molecule has 0 spiro atoms. The van der Waals surface area contributed by atoms with Gasteiger partial charge in [-0.15, -0.1) is 0 Å². The van der Waals surface area contributed by atoms with E-state index in [1.54, 1.807) is 12.1 Å². The van der Waals surface area contributed by atoms with E-state index >= 15 is 0 Å². The second kappa shape index (κ2) is 19.1. The van der Waals surface area contributed by atoms with Crippen molar-refractivity contribution < 1.29 is 38.6 Å². The van der Waals surface area contributed by atoms with Crippen LogP contribution >= 0.6 is 0 Å². The summed E-state index contributed by atoms with van der Waals surface area (Å²) in [6.07, 6.45) is -0.539. The van der Waals surface area contributed by atoms with Gasteiger partial charge < -0.3 is 23.7 Å². The molecule has 0 amide bonds. The summed E-state index contributed by atoms with van der Waals surface area (Å²) in [5, 5.41) is 10.0. The van der Waals surface area contributed by atoms with Crippen LogP contribution in [0.25, 0.3) is 0 Å². The van der Waals surface area contributed by atoms with Crippen LogP contribution in [0, 0.1) is 12.3 Å². The lowest BCUT2D eigenvalue weighted by molar-refractivity contribution is -0.314. The molecular formula is C32H50N4O8. The van der Waals surface area contributed by atoms with Crippen LogP contribution in [-0.2, 0) is 35.1 Å². The van der Waals surface area contributed by atoms with E-state index in [2.05, 4.69) is 14.8 Å². The number of carbonyl (C=O) groups excluding carboxylic acids is 1. The number of hydrogen-bond donors (Lipinski definition) is 1. The molecule has 1 aliphatic heterocycles. The van der Waals surface area contributed by atoms with Gasteiger partial charge in [-0.1, -0.05) is 32.9 Å². The molecule has 3 heterocycles. The predicted molar refractivity (Wildman–Crippen MR) is 164 cm³/mol. The second-order valence-corrected chi connectivity index (χ2v) is 11.8. The molecule has 1 fully saturated rings. The van der Waals surface area contributed by atoms with Gasteiger partial charge >= 0.3 is 5.97 Å². The number of hydrogen-bond acceptors (Lipinski definition) is 12. The highest BCUT2D eigenvalue weighted by molar-refractivity contribution is 5.87. The van der Waals surface area contributed by atoms with Gasteiger partial charge in [0.05, 0.1) is 77.4 Å². The Labute approximate surface area is 261 Å². The molecule has 0 aromatic carbocycles. The molecule has 246 valence electrons. The maximum atomic E-state index is 11.9. The minimum atomic E-state index is -0.539. The number of aromatic nitrogens is 2. The Hall–Kier alpha value is -2.55. The van der Waals surface area contributed by atoms with E-state index in [1.165, 1.54) is 7.11 Å². The fraction of sp³-hybridized carbons (Fsp3) is 0.656. The van der Waals surface area contributed by atoms with Gasteiger partial charge in [-0.3, -0.25) is 20.0 Å². The predicted octanol–water partition coefficient (Wildman–Crippen LogP) is 3.40. The largest absolute Gasteiger partial charge is 0.464 e.